The Labute approximate surface area is 221 Å². The summed E-state index contributed by atoms with van der Waals surface area (Å²) in [6.07, 6.45) is 10.0. The van der Waals surface area contributed by atoms with E-state index in [1.165, 1.54) is 25.7 Å². The molecule has 7 heteroatoms. The van der Waals surface area contributed by atoms with Crippen molar-refractivity contribution in [2.75, 3.05) is 6.61 Å². The zero-order chi connectivity index (χ0) is 27.4. The van der Waals surface area contributed by atoms with E-state index in [1.807, 2.05) is 13.8 Å². The molecular formula is C30H46O7. The van der Waals surface area contributed by atoms with Gasteiger partial charge in [0.05, 0.1) is 18.3 Å². The third-order valence-corrected chi connectivity index (χ3v) is 10.3. The smallest absolute Gasteiger partial charge is 0.306 e. The Bertz CT molecular complexity index is 982. The van der Waals surface area contributed by atoms with Gasteiger partial charge in [0, 0.05) is 41.9 Å². The summed E-state index contributed by atoms with van der Waals surface area (Å²) < 4.78 is 6.14. The maximum atomic E-state index is 13.0. The van der Waals surface area contributed by atoms with Crippen LogP contribution in [-0.2, 0) is 14.3 Å². The SMILES string of the molecule is CCCCCCCCCC(=O)O[C@@]12[C@H](O)[C@@H](C)[C@@]3(O)[C@@H](C=C(CO)C[C@]4(O)C(=O)C(C)=C[C@@H]34)[C@@H]1C2(C)C. The van der Waals surface area contributed by atoms with Crippen LogP contribution in [0.1, 0.15) is 92.4 Å². The lowest BCUT2D eigenvalue weighted by atomic mass is 9.59. The van der Waals surface area contributed by atoms with Crippen LogP contribution in [0.3, 0.4) is 0 Å². The first kappa shape index (κ1) is 28.5. The molecule has 0 spiro atoms. The second-order valence-corrected chi connectivity index (χ2v) is 12.7. The fourth-order valence-corrected chi connectivity index (χ4v) is 8.13. The Kier molecular flexibility index (Phi) is 7.61. The molecule has 0 aromatic carbocycles. The molecule has 7 nitrogen and oxygen atoms in total. The van der Waals surface area contributed by atoms with Crippen molar-refractivity contribution < 1.29 is 34.8 Å². The molecule has 0 heterocycles. The van der Waals surface area contributed by atoms with E-state index in [2.05, 4.69) is 6.92 Å². The molecule has 208 valence electrons. The highest BCUT2D eigenvalue weighted by Gasteiger charge is 2.86. The predicted octanol–water partition coefficient (Wildman–Crippen LogP) is 3.62. The molecule has 4 rings (SSSR count). The molecule has 0 amide bonds. The van der Waals surface area contributed by atoms with E-state index < -0.39 is 57.8 Å². The first-order valence-corrected chi connectivity index (χ1v) is 14.2. The molecule has 0 aromatic rings. The van der Waals surface area contributed by atoms with Crippen LogP contribution in [-0.4, -0.2) is 61.7 Å². The maximum absolute atomic E-state index is 13.0. The summed E-state index contributed by atoms with van der Waals surface area (Å²) in [4.78, 5) is 26.1. The third-order valence-electron chi connectivity index (χ3n) is 10.3. The van der Waals surface area contributed by atoms with Crippen molar-refractivity contribution in [1.29, 1.82) is 0 Å². The van der Waals surface area contributed by atoms with Crippen molar-refractivity contribution in [3.8, 4) is 0 Å². The topological polar surface area (TPSA) is 124 Å². The van der Waals surface area contributed by atoms with Gasteiger partial charge in [0.25, 0.3) is 0 Å². The number of esters is 1. The lowest BCUT2D eigenvalue weighted by Crippen LogP contribution is -2.65. The van der Waals surface area contributed by atoms with E-state index in [0.29, 0.717) is 11.1 Å². The number of fused-ring (bicyclic) bond motifs is 5. The zero-order valence-corrected chi connectivity index (χ0v) is 23.1. The van der Waals surface area contributed by atoms with E-state index >= 15 is 0 Å². The van der Waals surface area contributed by atoms with Gasteiger partial charge in [-0.15, -0.1) is 0 Å². The fourth-order valence-electron chi connectivity index (χ4n) is 8.13. The molecule has 0 saturated heterocycles. The lowest BCUT2D eigenvalue weighted by Gasteiger charge is -2.52. The monoisotopic (exact) mass is 518 g/mol. The van der Waals surface area contributed by atoms with E-state index in [9.17, 15) is 30.0 Å². The standard InChI is InChI=1S/C30H46O7/c1-6-7-8-9-10-11-12-13-23(32)37-30-24(27(30,4)5)21-15-20(17-31)16-28(35)22(14-18(2)25(28)33)29(21,36)19(3)26(30)34/h14-15,19,21-22,24,26,31,34-36H,6-13,16-17H2,1-5H3/t19-,21+,22-,24-,26-,28-,29-,30-/m1/s1. The average Bonchev–Trinajstić information content (AvgIpc) is 3.28. The van der Waals surface area contributed by atoms with Crippen LogP contribution in [0.25, 0.3) is 0 Å². The Hall–Kier alpha value is -1.54. The van der Waals surface area contributed by atoms with Crippen molar-refractivity contribution in [2.24, 2.45) is 29.1 Å². The van der Waals surface area contributed by atoms with Crippen LogP contribution in [0, 0.1) is 29.1 Å². The highest BCUT2D eigenvalue weighted by atomic mass is 16.6. The van der Waals surface area contributed by atoms with E-state index in [0.717, 1.165) is 19.3 Å². The second-order valence-electron chi connectivity index (χ2n) is 12.7. The molecule has 37 heavy (non-hydrogen) atoms. The third kappa shape index (κ3) is 4.07. The van der Waals surface area contributed by atoms with Crippen molar-refractivity contribution in [3.63, 3.8) is 0 Å². The quantitative estimate of drug-likeness (QED) is 0.198. The summed E-state index contributed by atoms with van der Waals surface area (Å²) in [5, 5.41) is 45.7. The van der Waals surface area contributed by atoms with Gasteiger partial charge < -0.3 is 25.2 Å². The Balaban J connectivity index is 1.59. The van der Waals surface area contributed by atoms with E-state index in [-0.39, 0.29) is 25.4 Å². The first-order valence-electron chi connectivity index (χ1n) is 14.2. The highest BCUT2D eigenvalue weighted by molar-refractivity contribution is 6.04. The highest BCUT2D eigenvalue weighted by Crippen LogP contribution is 2.76. The number of ketones is 1. The van der Waals surface area contributed by atoms with Crippen LogP contribution in [0.5, 0.6) is 0 Å². The van der Waals surface area contributed by atoms with Gasteiger partial charge in [-0.2, -0.15) is 0 Å². The van der Waals surface area contributed by atoms with Crippen LogP contribution in [0.4, 0.5) is 0 Å². The molecule has 8 atom stereocenters. The van der Waals surface area contributed by atoms with E-state index in [4.69, 9.17) is 4.74 Å². The lowest BCUT2D eigenvalue weighted by molar-refractivity contribution is -0.219. The Morgan fingerprint density at radius 1 is 1.08 bits per heavy atom. The van der Waals surface area contributed by atoms with Crippen molar-refractivity contribution in [2.45, 2.75) is 115 Å². The van der Waals surface area contributed by atoms with Gasteiger partial charge in [0.1, 0.15) is 11.2 Å². The first-order chi connectivity index (χ1) is 17.3. The number of hydrogen-bond acceptors (Lipinski definition) is 7. The summed E-state index contributed by atoms with van der Waals surface area (Å²) in [5.74, 6) is -3.60. The Morgan fingerprint density at radius 2 is 1.70 bits per heavy atom. The average molecular weight is 519 g/mol. The molecule has 4 N–H and O–H groups in total. The van der Waals surface area contributed by atoms with E-state index in [1.54, 1.807) is 26.0 Å². The summed E-state index contributed by atoms with van der Waals surface area (Å²) >= 11 is 0. The van der Waals surface area contributed by atoms with Gasteiger partial charge in [-0.25, -0.2) is 0 Å². The minimum absolute atomic E-state index is 0.0827. The number of carbonyl (C=O) groups excluding carboxylic acids is 2. The largest absolute Gasteiger partial charge is 0.455 e. The predicted molar refractivity (Wildman–Crippen MR) is 139 cm³/mol. The number of rotatable bonds is 10. The number of ether oxygens (including phenoxy) is 1. The summed E-state index contributed by atoms with van der Waals surface area (Å²) in [6.45, 7) is 9.03. The number of hydrogen-bond donors (Lipinski definition) is 4. The summed E-state index contributed by atoms with van der Waals surface area (Å²) in [5.41, 5.74) is -4.53. The molecule has 0 bridgehead atoms. The number of aliphatic hydroxyl groups is 4. The summed E-state index contributed by atoms with van der Waals surface area (Å²) in [6, 6.07) is 0. The molecule has 0 aromatic heterocycles. The molecule has 2 saturated carbocycles. The van der Waals surface area contributed by atoms with Crippen molar-refractivity contribution in [3.05, 3.63) is 23.3 Å². The normalized spacial score (nSPS) is 41.6. The van der Waals surface area contributed by atoms with Crippen LogP contribution < -0.4 is 0 Å². The molecule has 4 aliphatic carbocycles. The molecule has 2 fully saturated rings. The van der Waals surface area contributed by atoms with Gasteiger partial charge in [-0.05, 0) is 24.5 Å². The molecule has 0 aliphatic heterocycles. The molecule has 4 aliphatic rings. The molecular weight excluding hydrogens is 472 g/mol. The van der Waals surface area contributed by atoms with Gasteiger partial charge in [0.15, 0.2) is 5.78 Å². The number of unbranched alkanes of at least 4 members (excludes halogenated alkanes) is 6. The number of carbonyl (C=O) groups is 2. The van der Waals surface area contributed by atoms with Crippen molar-refractivity contribution in [1.82, 2.24) is 0 Å². The minimum atomic E-state index is -1.89. The number of Topliss-reactive ketones (excluding diaryl/α,β-unsaturated/α-hetero) is 1. The van der Waals surface area contributed by atoms with Crippen molar-refractivity contribution >= 4 is 11.8 Å². The van der Waals surface area contributed by atoms with Gasteiger partial charge in [0.2, 0.25) is 0 Å². The van der Waals surface area contributed by atoms with Gasteiger partial charge in [-0.1, -0.05) is 78.4 Å². The fraction of sp³-hybridized carbons (Fsp3) is 0.800. The molecule has 0 radical (unpaired) electrons. The van der Waals surface area contributed by atoms with Crippen LogP contribution in [0.15, 0.2) is 23.3 Å². The van der Waals surface area contributed by atoms with Gasteiger partial charge >= 0.3 is 5.97 Å². The van der Waals surface area contributed by atoms with Crippen LogP contribution >= 0.6 is 0 Å². The van der Waals surface area contributed by atoms with Gasteiger partial charge in [-0.3, -0.25) is 9.59 Å². The van der Waals surface area contributed by atoms with Crippen LogP contribution in [0.2, 0.25) is 0 Å². The molecule has 0 unspecified atom stereocenters. The zero-order valence-electron chi connectivity index (χ0n) is 23.1. The minimum Gasteiger partial charge on any atom is -0.455 e. The number of aliphatic hydroxyl groups excluding tert-OH is 2. The summed E-state index contributed by atoms with van der Waals surface area (Å²) in [7, 11) is 0. The maximum Gasteiger partial charge on any atom is 0.306 e. The Morgan fingerprint density at radius 3 is 2.32 bits per heavy atom. The second kappa shape index (κ2) is 9.89.